The normalized spacial score (nSPS) is 12.5. The van der Waals surface area contributed by atoms with Gasteiger partial charge in [0.2, 0.25) is 10.0 Å². The van der Waals surface area contributed by atoms with Gasteiger partial charge in [-0.05, 0) is 24.4 Å². The number of ether oxygens (including phenoxy) is 1. The number of hydrogen-bond acceptors (Lipinski definition) is 5. The fraction of sp³-hybridized carbons (Fsp3) is 0.692. The molecule has 1 aromatic rings. The average Bonchev–Trinajstić information content (AvgIpc) is 2.83. The van der Waals surface area contributed by atoms with Crippen LogP contribution >= 0.6 is 11.3 Å². The third kappa shape index (κ3) is 4.53. The zero-order valence-electron chi connectivity index (χ0n) is 12.5. The van der Waals surface area contributed by atoms with Crippen LogP contribution < -0.4 is 5.32 Å². The molecule has 20 heavy (non-hydrogen) atoms. The third-order valence-electron chi connectivity index (χ3n) is 2.77. The van der Waals surface area contributed by atoms with Crippen molar-refractivity contribution in [3.63, 3.8) is 0 Å². The molecule has 0 saturated carbocycles. The first-order chi connectivity index (χ1) is 9.43. The zero-order valence-corrected chi connectivity index (χ0v) is 14.2. The summed E-state index contributed by atoms with van der Waals surface area (Å²) in [4.78, 5) is 1.26. The molecule has 0 aliphatic carbocycles. The Kier molecular flexibility index (Phi) is 7.11. The van der Waals surface area contributed by atoms with Crippen molar-refractivity contribution < 1.29 is 13.2 Å². The number of thiophene rings is 1. The zero-order chi connectivity index (χ0) is 15.2. The Balaban J connectivity index is 3.04. The largest absolute Gasteiger partial charge is 0.383 e. The summed E-state index contributed by atoms with van der Waals surface area (Å²) >= 11 is 1.46. The van der Waals surface area contributed by atoms with E-state index in [9.17, 15) is 8.42 Å². The molecule has 1 aromatic heterocycles. The second-order valence-corrected chi connectivity index (χ2v) is 7.90. The van der Waals surface area contributed by atoms with Gasteiger partial charge in [0.1, 0.15) is 0 Å². The molecule has 0 fully saturated rings. The Morgan fingerprint density at radius 3 is 2.70 bits per heavy atom. The first-order valence-corrected chi connectivity index (χ1v) is 8.95. The predicted octanol–water partition coefficient (Wildman–Crippen LogP) is 1.76. The molecule has 116 valence electrons. The molecule has 7 heteroatoms. The van der Waals surface area contributed by atoms with E-state index < -0.39 is 10.0 Å². The third-order valence-corrected chi connectivity index (χ3v) is 5.77. The monoisotopic (exact) mass is 320 g/mol. The molecular weight excluding hydrogens is 296 g/mol. The number of methoxy groups -OCH3 is 1. The molecule has 0 spiro atoms. The van der Waals surface area contributed by atoms with Gasteiger partial charge in [0.05, 0.1) is 11.5 Å². The molecule has 0 unspecified atom stereocenters. The Morgan fingerprint density at radius 1 is 1.45 bits per heavy atom. The van der Waals surface area contributed by atoms with E-state index in [0.29, 0.717) is 31.1 Å². The first kappa shape index (κ1) is 17.6. The molecule has 0 aliphatic rings. The molecule has 0 bridgehead atoms. The molecule has 0 saturated heterocycles. The maximum Gasteiger partial charge on any atom is 0.244 e. The van der Waals surface area contributed by atoms with Crippen LogP contribution in [0.4, 0.5) is 0 Å². The summed E-state index contributed by atoms with van der Waals surface area (Å²) in [6.07, 6.45) is 0. The van der Waals surface area contributed by atoms with Crippen LogP contribution in [0.15, 0.2) is 16.3 Å². The molecule has 0 atom stereocenters. The topological polar surface area (TPSA) is 58.6 Å². The van der Waals surface area contributed by atoms with Gasteiger partial charge in [-0.3, -0.25) is 0 Å². The Bertz CT molecular complexity index is 497. The highest BCUT2D eigenvalue weighted by Gasteiger charge is 2.27. The van der Waals surface area contributed by atoms with Gasteiger partial charge in [0.15, 0.2) is 0 Å². The van der Waals surface area contributed by atoms with Gasteiger partial charge in [0.25, 0.3) is 0 Å². The molecule has 0 aromatic carbocycles. The van der Waals surface area contributed by atoms with E-state index in [2.05, 4.69) is 5.32 Å². The summed E-state index contributed by atoms with van der Waals surface area (Å²) in [6, 6.07) is 1.69. The SMILES string of the molecule is CNCc1sccc1S(=O)(=O)N(CCOC)CC(C)C. The van der Waals surface area contributed by atoms with E-state index in [1.165, 1.54) is 15.6 Å². The standard InChI is InChI=1S/C13H24N2O3S2/c1-11(2)10-15(6-7-18-4)20(16,17)13-5-8-19-12(13)9-14-3/h5,8,11,14H,6-7,9-10H2,1-4H3. The molecular formula is C13H24N2O3S2. The minimum Gasteiger partial charge on any atom is -0.383 e. The quantitative estimate of drug-likeness (QED) is 0.753. The minimum absolute atomic E-state index is 0.271. The molecule has 0 radical (unpaired) electrons. The van der Waals surface area contributed by atoms with Gasteiger partial charge >= 0.3 is 0 Å². The highest BCUT2D eigenvalue weighted by atomic mass is 32.2. The van der Waals surface area contributed by atoms with Gasteiger partial charge in [-0.1, -0.05) is 13.8 Å². The fourth-order valence-electron chi connectivity index (χ4n) is 1.90. The smallest absolute Gasteiger partial charge is 0.244 e. The number of rotatable bonds is 9. The van der Waals surface area contributed by atoms with Gasteiger partial charge in [-0.25, -0.2) is 8.42 Å². The summed E-state index contributed by atoms with van der Waals surface area (Å²) in [7, 11) is -0.0612. The van der Waals surface area contributed by atoms with Crippen molar-refractivity contribution >= 4 is 21.4 Å². The average molecular weight is 320 g/mol. The lowest BCUT2D eigenvalue weighted by atomic mass is 10.2. The van der Waals surface area contributed by atoms with E-state index in [4.69, 9.17) is 4.74 Å². The van der Waals surface area contributed by atoms with Crippen LogP contribution in [0.25, 0.3) is 0 Å². The fourth-order valence-corrected chi connectivity index (χ4v) is 4.91. The van der Waals surface area contributed by atoms with Crippen molar-refractivity contribution in [3.8, 4) is 0 Å². The van der Waals surface area contributed by atoms with Crippen molar-refractivity contribution in [1.82, 2.24) is 9.62 Å². The number of nitrogens with one attached hydrogen (secondary N) is 1. The highest BCUT2D eigenvalue weighted by Crippen LogP contribution is 2.25. The van der Waals surface area contributed by atoms with E-state index in [-0.39, 0.29) is 5.92 Å². The number of sulfonamides is 1. The lowest BCUT2D eigenvalue weighted by Gasteiger charge is -2.23. The van der Waals surface area contributed by atoms with Crippen LogP contribution in [0.5, 0.6) is 0 Å². The van der Waals surface area contributed by atoms with Gasteiger partial charge in [-0.2, -0.15) is 4.31 Å². The lowest BCUT2D eigenvalue weighted by molar-refractivity contribution is 0.175. The Labute approximate surface area is 126 Å². The van der Waals surface area contributed by atoms with Gasteiger partial charge < -0.3 is 10.1 Å². The Hall–Kier alpha value is -0.470. The summed E-state index contributed by atoms with van der Waals surface area (Å²) in [5.41, 5.74) is 0. The van der Waals surface area contributed by atoms with Crippen molar-refractivity contribution in [1.29, 1.82) is 0 Å². The lowest BCUT2D eigenvalue weighted by Crippen LogP contribution is -2.37. The van der Waals surface area contributed by atoms with E-state index in [0.717, 1.165) is 4.88 Å². The molecule has 0 aliphatic heterocycles. The molecule has 5 nitrogen and oxygen atoms in total. The van der Waals surface area contributed by atoms with Crippen molar-refractivity contribution in [2.45, 2.75) is 25.3 Å². The maximum atomic E-state index is 12.8. The number of hydrogen-bond donors (Lipinski definition) is 1. The van der Waals surface area contributed by atoms with Crippen LogP contribution in [-0.4, -0.2) is 46.6 Å². The Morgan fingerprint density at radius 2 is 2.15 bits per heavy atom. The van der Waals surface area contributed by atoms with E-state index in [1.807, 2.05) is 26.3 Å². The predicted molar refractivity (Wildman–Crippen MR) is 82.6 cm³/mol. The van der Waals surface area contributed by atoms with Crippen LogP contribution in [0.1, 0.15) is 18.7 Å². The van der Waals surface area contributed by atoms with Crippen LogP contribution in [0, 0.1) is 5.92 Å². The second-order valence-electron chi connectivity index (χ2n) is 4.99. The maximum absolute atomic E-state index is 12.8. The molecule has 1 heterocycles. The van der Waals surface area contributed by atoms with Crippen LogP contribution in [0.2, 0.25) is 0 Å². The van der Waals surface area contributed by atoms with E-state index >= 15 is 0 Å². The second kappa shape index (κ2) is 8.09. The molecule has 1 N–H and O–H groups in total. The summed E-state index contributed by atoms with van der Waals surface area (Å²) in [5, 5.41) is 4.83. The van der Waals surface area contributed by atoms with Gasteiger partial charge in [0, 0.05) is 31.6 Å². The highest BCUT2D eigenvalue weighted by molar-refractivity contribution is 7.89. The summed E-state index contributed by atoms with van der Waals surface area (Å²) in [6.45, 7) is 5.87. The number of nitrogens with zero attached hydrogens (tertiary/aromatic N) is 1. The van der Waals surface area contributed by atoms with Crippen LogP contribution in [0.3, 0.4) is 0 Å². The van der Waals surface area contributed by atoms with Crippen molar-refractivity contribution in [2.24, 2.45) is 5.92 Å². The van der Waals surface area contributed by atoms with E-state index in [1.54, 1.807) is 13.2 Å². The minimum atomic E-state index is -3.45. The molecule has 0 amide bonds. The summed E-state index contributed by atoms with van der Waals surface area (Å²) < 4.78 is 32.1. The first-order valence-electron chi connectivity index (χ1n) is 6.63. The van der Waals surface area contributed by atoms with Gasteiger partial charge in [-0.15, -0.1) is 11.3 Å². The summed E-state index contributed by atoms with van der Waals surface area (Å²) in [5.74, 6) is 0.271. The van der Waals surface area contributed by atoms with Crippen molar-refractivity contribution in [3.05, 3.63) is 16.3 Å². The van der Waals surface area contributed by atoms with Crippen molar-refractivity contribution in [2.75, 3.05) is 33.9 Å². The van der Waals surface area contributed by atoms with Crippen LogP contribution in [-0.2, 0) is 21.3 Å². The molecule has 1 rings (SSSR count).